The molecule has 2 aromatic rings. The second-order valence-corrected chi connectivity index (χ2v) is 4.89. The number of ether oxygens (including phenoxy) is 1. The summed E-state index contributed by atoms with van der Waals surface area (Å²) in [5.41, 5.74) is 1.95. The van der Waals surface area contributed by atoms with Gasteiger partial charge >= 0.3 is 5.97 Å². The van der Waals surface area contributed by atoms with Gasteiger partial charge in [-0.15, -0.1) is 0 Å². The molecule has 1 N–H and O–H groups in total. The Kier molecular flexibility index (Phi) is 4.60. The van der Waals surface area contributed by atoms with Crippen LogP contribution in [0.1, 0.15) is 26.3 Å². The number of esters is 1. The number of aryl methyl sites for hydroxylation is 1. The summed E-state index contributed by atoms with van der Waals surface area (Å²) in [7, 11) is 1.28. The number of nitrogens with one attached hydrogen (secondary N) is 1. The maximum absolute atomic E-state index is 12.3. The lowest BCUT2D eigenvalue weighted by atomic mass is 10.1. The molecule has 0 saturated carbocycles. The third-order valence-corrected chi connectivity index (χ3v) is 3.26. The number of hydrogen-bond acceptors (Lipinski definition) is 3. The van der Waals surface area contributed by atoms with E-state index in [1.165, 1.54) is 19.2 Å². The van der Waals surface area contributed by atoms with Crippen molar-refractivity contribution in [3.8, 4) is 0 Å². The fraction of sp³-hybridized carbons (Fsp3) is 0.125. The van der Waals surface area contributed by atoms with Gasteiger partial charge in [-0.25, -0.2) is 4.79 Å². The number of hydrogen-bond donors (Lipinski definition) is 1. The van der Waals surface area contributed by atoms with E-state index in [4.69, 9.17) is 16.3 Å². The summed E-state index contributed by atoms with van der Waals surface area (Å²) in [4.78, 5) is 24.0. The molecular formula is C16H14ClNO3. The fourth-order valence-corrected chi connectivity index (χ4v) is 2.10. The van der Waals surface area contributed by atoms with Gasteiger partial charge in [-0.05, 0) is 36.8 Å². The van der Waals surface area contributed by atoms with Gasteiger partial charge in [-0.1, -0.05) is 29.8 Å². The van der Waals surface area contributed by atoms with Crippen molar-refractivity contribution in [3.05, 3.63) is 64.2 Å². The summed E-state index contributed by atoms with van der Waals surface area (Å²) in [6, 6.07) is 11.8. The third-order valence-electron chi connectivity index (χ3n) is 3.02. The van der Waals surface area contributed by atoms with Gasteiger partial charge < -0.3 is 10.1 Å². The van der Waals surface area contributed by atoms with Gasteiger partial charge in [0.25, 0.3) is 5.91 Å². The van der Waals surface area contributed by atoms with Crippen LogP contribution in [0.3, 0.4) is 0 Å². The standard InChI is InChI=1S/C16H14ClNO3/c1-10-5-3-4-6-12(10)15(19)18-14-9-11(17)7-8-13(14)16(20)21-2/h3-9H,1-2H3,(H,18,19). The number of rotatable bonds is 3. The summed E-state index contributed by atoms with van der Waals surface area (Å²) in [6.07, 6.45) is 0. The number of benzene rings is 2. The van der Waals surface area contributed by atoms with Crippen LogP contribution in [0.5, 0.6) is 0 Å². The highest BCUT2D eigenvalue weighted by atomic mass is 35.5. The average Bonchev–Trinajstić information content (AvgIpc) is 2.47. The van der Waals surface area contributed by atoms with E-state index in [-0.39, 0.29) is 11.5 Å². The van der Waals surface area contributed by atoms with Crippen LogP contribution in [-0.2, 0) is 4.74 Å². The van der Waals surface area contributed by atoms with Gasteiger partial charge in [0, 0.05) is 10.6 Å². The van der Waals surface area contributed by atoms with Gasteiger partial charge in [0.1, 0.15) is 0 Å². The Morgan fingerprint density at radius 1 is 1.10 bits per heavy atom. The molecule has 0 aromatic heterocycles. The van der Waals surface area contributed by atoms with Crippen LogP contribution in [0.15, 0.2) is 42.5 Å². The van der Waals surface area contributed by atoms with Gasteiger partial charge in [0.2, 0.25) is 0 Å². The topological polar surface area (TPSA) is 55.4 Å². The summed E-state index contributed by atoms with van der Waals surface area (Å²) in [5.74, 6) is -0.840. The zero-order chi connectivity index (χ0) is 15.4. The quantitative estimate of drug-likeness (QED) is 0.880. The van der Waals surface area contributed by atoms with Crippen molar-refractivity contribution in [2.75, 3.05) is 12.4 Å². The number of methoxy groups -OCH3 is 1. The molecule has 5 heteroatoms. The molecule has 0 atom stereocenters. The smallest absolute Gasteiger partial charge is 0.339 e. The first-order valence-corrected chi connectivity index (χ1v) is 6.65. The van der Waals surface area contributed by atoms with E-state index >= 15 is 0 Å². The van der Waals surface area contributed by atoms with E-state index in [2.05, 4.69) is 5.32 Å². The molecule has 108 valence electrons. The Morgan fingerprint density at radius 2 is 1.81 bits per heavy atom. The van der Waals surface area contributed by atoms with Crippen LogP contribution in [-0.4, -0.2) is 19.0 Å². The molecular weight excluding hydrogens is 290 g/mol. The van der Waals surface area contributed by atoms with E-state index < -0.39 is 5.97 Å². The van der Waals surface area contributed by atoms with Crippen LogP contribution < -0.4 is 5.32 Å². The van der Waals surface area contributed by atoms with Crippen LogP contribution in [0.4, 0.5) is 5.69 Å². The summed E-state index contributed by atoms with van der Waals surface area (Å²) in [6.45, 7) is 1.84. The first-order valence-electron chi connectivity index (χ1n) is 6.27. The molecule has 0 aliphatic carbocycles. The van der Waals surface area contributed by atoms with Crippen molar-refractivity contribution in [3.63, 3.8) is 0 Å². The first-order chi connectivity index (χ1) is 10.0. The number of halogens is 1. The molecule has 0 spiro atoms. The van der Waals surface area contributed by atoms with Crippen molar-refractivity contribution >= 4 is 29.2 Å². The molecule has 0 unspecified atom stereocenters. The minimum Gasteiger partial charge on any atom is -0.465 e. The number of carbonyl (C=O) groups is 2. The van der Waals surface area contributed by atoms with Gasteiger partial charge in [-0.2, -0.15) is 0 Å². The maximum Gasteiger partial charge on any atom is 0.339 e. The molecule has 1 amide bonds. The van der Waals surface area contributed by atoms with Crippen molar-refractivity contribution in [1.29, 1.82) is 0 Å². The molecule has 2 aromatic carbocycles. The molecule has 0 fully saturated rings. The highest BCUT2D eigenvalue weighted by Crippen LogP contribution is 2.23. The van der Waals surface area contributed by atoms with Gasteiger partial charge in [0.05, 0.1) is 18.4 Å². The molecule has 0 aliphatic rings. The highest BCUT2D eigenvalue weighted by molar-refractivity contribution is 6.31. The number of anilines is 1. The average molecular weight is 304 g/mol. The monoisotopic (exact) mass is 303 g/mol. The predicted octanol–water partition coefficient (Wildman–Crippen LogP) is 3.69. The molecule has 0 aliphatic heterocycles. The molecule has 0 saturated heterocycles. The van der Waals surface area contributed by atoms with Crippen molar-refractivity contribution < 1.29 is 14.3 Å². The Morgan fingerprint density at radius 3 is 2.48 bits per heavy atom. The summed E-state index contributed by atoms with van der Waals surface area (Å²) < 4.78 is 4.69. The van der Waals surface area contributed by atoms with E-state index in [1.807, 2.05) is 19.1 Å². The molecule has 4 nitrogen and oxygen atoms in total. The largest absolute Gasteiger partial charge is 0.465 e. The summed E-state index contributed by atoms with van der Waals surface area (Å²) in [5, 5.41) is 3.12. The van der Waals surface area contributed by atoms with E-state index in [1.54, 1.807) is 18.2 Å². The lowest BCUT2D eigenvalue weighted by Gasteiger charge is -2.11. The molecule has 0 radical (unpaired) electrons. The van der Waals surface area contributed by atoms with Crippen molar-refractivity contribution in [1.82, 2.24) is 0 Å². The Balaban J connectivity index is 2.35. The van der Waals surface area contributed by atoms with Gasteiger partial charge in [-0.3, -0.25) is 4.79 Å². The minimum atomic E-state index is -0.535. The summed E-state index contributed by atoms with van der Waals surface area (Å²) >= 11 is 5.92. The zero-order valence-corrected chi connectivity index (χ0v) is 12.4. The first kappa shape index (κ1) is 15.1. The Bertz CT molecular complexity index is 698. The van der Waals surface area contributed by atoms with E-state index in [9.17, 15) is 9.59 Å². The number of carbonyl (C=O) groups excluding carboxylic acids is 2. The zero-order valence-electron chi connectivity index (χ0n) is 11.6. The predicted molar refractivity (Wildman–Crippen MR) is 81.9 cm³/mol. The van der Waals surface area contributed by atoms with E-state index in [0.29, 0.717) is 16.3 Å². The maximum atomic E-state index is 12.3. The SMILES string of the molecule is COC(=O)c1ccc(Cl)cc1NC(=O)c1ccccc1C. The molecule has 21 heavy (non-hydrogen) atoms. The minimum absolute atomic E-state index is 0.254. The number of amides is 1. The highest BCUT2D eigenvalue weighted by Gasteiger charge is 2.16. The van der Waals surface area contributed by atoms with E-state index in [0.717, 1.165) is 5.56 Å². The molecule has 0 bridgehead atoms. The second-order valence-electron chi connectivity index (χ2n) is 4.45. The lowest BCUT2D eigenvalue weighted by Crippen LogP contribution is -2.16. The molecule has 2 rings (SSSR count). The van der Waals surface area contributed by atoms with Crippen molar-refractivity contribution in [2.45, 2.75) is 6.92 Å². The van der Waals surface area contributed by atoms with Crippen LogP contribution in [0, 0.1) is 6.92 Å². The van der Waals surface area contributed by atoms with Crippen LogP contribution in [0.25, 0.3) is 0 Å². The van der Waals surface area contributed by atoms with Crippen LogP contribution in [0.2, 0.25) is 5.02 Å². The fourth-order valence-electron chi connectivity index (χ4n) is 1.93. The second kappa shape index (κ2) is 6.41. The van der Waals surface area contributed by atoms with Gasteiger partial charge in [0.15, 0.2) is 0 Å². The Hall–Kier alpha value is -2.33. The third kappa shape index (κ3) is 3.41. The Labute approximate surface area is 127 Å². The van der Waals surface area contributed by atoms with Crippen LogP contribution >= 0.6 is 11.6 Å². The molecule has 0 heterocycles. The van der Waals surface area contributed by atoms with Crippen molar-refractivity contribution in [2.24, 2.45) is 0 Å². The normalized spacial score (nSPS) is 10.0. The lowest BCUT2D eigenvalue weighted by molar-refractivity contribution is 0.0602.